The fourth-order valence-corrected chi connectivity index (χ4v) is 3.26. The maximum Gasteiger partial charge on any atom is 0.272 e. The van der Waals surface area contributed by atoms with Gasteiger partial charge in [0.15, 0.2) is 0 Å². The standard InChI is InChI=1S/C17H17N3O/c1-20-10-15(14-5-7-19-16(14)17(20)21)12-2-3-13-9-18-6-4-11(13)8-12/h2-3,5,7-8,10,14,18H,4,6,9H2,1H3. The van der Waals surface area contributed by atoms with E-state index in [0.29, 0.717) is 5.71 Å². The van der Waals surface area contributed by atoms with E-state index >= 15 is 0 Å². The monoisotopic (exact) mass is 279 g/mol. The molecule has 106 valence electrons. The lowest BCUT2D eigenvalue weighted by molar-refractivity contribution is -0.121. The van der Waals surface area contributed by atoms with Gasteiger partial charge in [-0.25, -0.2) is 0 Å². The van der Waals surface area contributed by atoms with E-state index in [-0.39, 0.29) is 11.8 Å². The largest absolute Gasteiger partial charge is 0.317 e. The first-order valence-electron chi connectivity index (χ1n) is 7.30. The molecule has 4 heteroatoms. The van der Waals surface area contributed by atoms with Crippen LogP contribution in [0, 0.1) is 5.92 Å². The molecule has 4 rings (SSSR count). The first-order valence-corrected chi connectivity index (χ1v) is 7.30. The molecule has 0 fully saturated rings. The van der Waals surface area contributed by atoms with E-state index in [2.05, 4.69) is 28.5 Å². The van der Waals surface area contributed by atoms with Crippen molar-refractivity contribution in [3.8, 4) is 0 Å². The van der Waals surface area contributed by atoms with Gasteiger partial charge in [-0.1, -0.05) is 24.3 Å². The molecule has 1 amide bonds. The van der Waals surface area contributed by atoms with Crippen molar-refractivity contribution in [2.45, 2.75) is 13.0 Å². The topological polar surface area (TPSA) is 44.7 Å². The highest BCUT2D eigenvalue weighted by atomic mass is 16.2. The lowest BCUT2D eigenvalue weighted by Gasteiger charge is -2.27. The van der Waals surface area contributed by atoms with Crippen LogP contribution in [0.1, 0.15) is 16.7 Å². The zero-order valence-electron chi connectivity index (χ0n) is 12.0. The molecule has 0 bridgehead atoms. The molecule has 3 heterocycles. The van der Waals surface area contributed by atoms with Gasteiger partial charge >= 0.3 is 0 Å². The van der Waals surface area contributed by atoms with Crippen molar-refractivity contribution in [2.24, 2.45) is 10.9 Å². The van der Waals surface area contributed by atoms with Gasteiger partial charge in [0.1, 0.15) is 5.71 Å². The van der Waals surface area contributed by atoms with E-state index in [4.69, 9.17) is 0 Å². The Morgan fingerprint density at radius 1 is 1.33 bits per heavy atom. The molecule has 1 unspecified atom stereocenters. The van der Waals surface area contributed by atoms with Gasteiger partial charge in [0.05, 0.1) is 5.92 Å². The molecule has 0 saturated carbocycles. The molecular weight excluding hydrogens is 262 g/mol. The molecule has 3 aliphatic rings. The quantitative estimate of drug-likeness (QED) is 0.851. The van der Waals surface area contributed by atoms with E-state index in [1.165, 1.54) is 16.7 Å². The third-order valence-corrected chi connectivity index (χ3v) is 4.42. The number of benzene rings is 1. The van der Waals surface area contributed by atoms with E-state index in [1.54, 1.807) is 18.1 Å². The van der Waals surface area contributed by atoms with Crippen LogP contribution in [0.25, 0.3) is 5.57 Å². The molecular formula is C17H17N3O. The number of hydrogen-bond donors (Lipinski definition) is 1. The minimum absolute atomic E-state index is 0.00379. The van der Waals surface area contributed by atoms with Gasteiger partial charge in [-0.15, -0.1) is 0 Å². The number of carbonyl (C=O) groups excluding carboxylic acids is 1. The van der Waals surface area contributed by atoms with E-state index in [1.807, 2.05) is 12.3 Å². The molecule has 1 atom stereocenters. The van der Waals surface area contributed by atoms with Gasteiger partial charge in [0.2, 0.25) is 0 Å². The molecule has 0 aliphatic carbocycles. The average Bonchev–Trinajstić information content (AvgIpc) is 3.00. The van der Waals surface area contributed by atoms with Crippen molar-refractivity contribution in [3.05, 3.63) is 53.4 Å². The van der Waals surface area contributed by atoms with Crippen LogP contribution in [0.4, 0.5) is 0 Å². The van der Waals surface area contributed by atoms with Crippen molar-refractivity contribution in [2.75, 3.05) is 13.6 Å². The van der Waals surface area contributed by atoms with Gasteiger partial charge in [-0.3, -0.25) is 9.79 Å². The van der Waals surface area contributed by atoms with E-state index in [0.717, 1.165) is 25.1 Å². The normalized spacial score (nSPS) is 23.6. The van der Waals surface area contributed by atoms with Gasteiger partial charge in [0.25, 0.3) is 5.91 Å². The molecule has 3 aliphatic heterocycles. The Balaban J connectivity index is 1.79. The van der Waals surface area contributed by atoms with Crippen LogP contribution in [-0.4, -0.2) is 30.1 Å². The van der Waals surface area contributed by atoms with Crippen LogP contribution in [-0.2, 0) is 17.8 Å². The van der Waals surface area contributed by atoms with Crippen LogP contribution >= 0.6 is 0 Å². The second-order valence-corrected chi connectivity index (χ2v) is 5.74. The average molecular weight is 279 g/mol. The molecule has 0 aromatic heterocycles. The lowest BCUT2D eigenvalue weighted by Crippen LogP contribution is -2.37. The van der Waals surface area contributed by atoms with Crippen LogP contribution in [0.3, 0.4) is 0 Å². The highest BCUT2D eigenvalue weighted by Crippen LogP contribution is 2.34. The number of rotatable bonds is 1. The summed E-state index contributed by atoms with van der Waals surface area (Å²) in [5.41, 5.74) is 5.77. The number of amides is 1. The Kier molecular flexibility index (Phi) is 2.79. The van der Waals surface area contributed by atoms with Crippen molar-refractivity contribution < 1.29 is 4.79 Å². The number of nitrogens with one attached hydrogen (secondary N) is 1. The lowest BCUT2D eigenvalue weighted by atomic mass is 9.85. The van der Waals surface area contributed by atoms with Crippen molar-refractivity contribution in [3.63, 3.8) is 0 Å². The van der Waals surface area contributed by atoms with E-state index < -0.39 is 0 Å². The Labute approximate surface area is 123 Å². The summed E-state index contributed by atoms with van der Waals surface area (Å²) in [4.78, 5) is 18.0. The van der Waals surface area contributed by atoms with Crippen molar-refractivity contribution >= 4 is 17.2 Å². The predicted octanol–water partition coefficient (Wildman–Crippen LogP) is 1.73. The highest BCUT2D eigenvalue weighted by Gasteiger charge is 2.33. The fourth-order valence-electron chi connectivity index (χ4n) is 3.26. The third-order valence-electron chi connectivity index (χ3n) is 4.42. The summed E-state index contributed by atoms with van der Waals surface area (Å²) in [6.45, 7) is 1.98. The molecule has 1 N–H and O–H groups in total. The number of allylic oxidation sites excluding steroid dienone is 2. The van der Waals surface area contributed by atoms with Gasteiger partial charge in [-0.05, 0) is 35.2 Å². The summed E-state index contributed by atoms with van der Waals surface area (Å²) < 4.78 is 0. The Bertz CT molecular complexity index is 715. The fraction of sp³-hybridized carbons (Fsp3) is 0.294. The summed E-state index contributed by atoms with van der Waals surface area (Å²) >= 11 is 0. The van der Waals surface area contributed by atoms with Crippen LogP contribution in [0.2, 0.25) is 0 Å². The van der Waals surface area contributed by atoms with Crippen molar-refractivity contribution in [1.29, 1.82) is 0 Å². The zero-order chi connectivity index (χ0) is 14.4. The molecule has 0 radical (unpaired) electrons. The third kappa shape index (κ3) is 1.94. The summed E-state index contributed by atoms with van der Waals surface area (Å²) in [5, 5.41) is 3.39. The predicted molar refractivity (Wildman–Crippen MR) is 82.7 cm³/mol. The molecule has 21 heavy (non-hydrogen) atoms. The number of hydrogen-bond acceptors (Lipinski definition) is 3. The second kappa shape index (κ2) is 4.67. The van der Waals surface area contributed by atoms with Gasteiger partial charge in [0, 0.05) is 26.0 Å². The van der Waals surface area contributed by atoms with Gasteiger partial charge < -0.3 is 10.2 Å². The van der Waals surface area contributed by atoms with Crippen LogP contribution in [0.5, 0.6) is 0 Å². The molecule has 1 aromatic carbocycles. The first-order chi connectivity index (χ1) is 10.2. The van der Waals surface area contributed by atoms with Crippen molar-refractivity contribution in [1.82, 2.24) is 10.2 Å². The van der Waals surface area contributed by atoms with Crippen LogP contribution < -0.4 is 5.32 Å². The first kappa shape index (κ1) is 12.5. The van der Waals surface area contributed by atoms with E-state index in [9.17, 15) is 4.79 Å². The zero-order valence-corrected chi connectivity index (χ0v) is 12.0. The summed E-state index contributed by atoms with van der Waals surface area (Å²) in [6, 6.07) is 6.63. The van der Waals surface area contributed by atoms with Gasteiger partial charge in [-0.2, -0.15) is 0 Å². The Morgan fingerprint density at radius 3 is 3.14 bits per heavy atom. The number of fused-ring (bicyclic) bond motifs is 2. The molecule has 1 aromatic rings. The Hall–Kier alpha value is -2.20. The minimum atomic E-state index is -0.00379. The summed E-state index contributed by atoms with van der Waals surface area (Å²) in [6.07, 6.45) is 6.76. The molecule has 4 nitrogen and oxygen atoms in total. The molecule has 0 spiro atoms. The SMILES string of the molecule is CN1C=C(c2ccc3c(c2)CCNC3)C2C=CN=C2C1=O. The maximum atomic E-state index is 12.1. The smallest absolute Gasteiger partial charge is 0.272 e. The van der Waals surface area contributed by atoms with Crippen LogP contribution in [0.15, 0.2) is 41.7 Å². The maximum absolute atomic E-state index is 12.1. The summed E-state index contributed by atoms with van der Waals surface area (Å²) in [5.74, 6) is 0.00405. The number of carbonyl (C=O) groups is 1. The minimum Gasteiger partial charge on any atom is -0.317 e. The Morgan fingerprint density at radius 2 is 2.24 bits per heavy atom. The second-order valence-electron chi connectivity index (χ2n) is 5.74. The highest BCUT2D eigenvalue weighted by molar-refractivity contribution is 6.44. The summed E-state index contributed by atoms with van der Waals surface area (Å²) in [7, 11) is 1.79. The molecule has 0 saturated heterocycles. The number of nitrogens with zero attached hydrogens (tertiary/aromatic N) is 2. The number of aliphatic imine (C=N–C) groups is 1.